The predicted molar refractivity (Wildman–Crippen MR) is 35.3 cm³/mol. The Kier molecular flexibility index (Phi) is 1.43. The van der Waals surface area contributed by atoms with E-state index in [2.05, 4.69) is 4.98 Å². The minimum absolute atomic E-state index is 1.41. The molecule has 0 aromatic carbocycles. The molecular formula is C4H8N3OP. The molecule has 0 amide bonds. The topological polar surface area (TPSA) is 60.9 Å². The van der Waals surface area contributed by atoms with E-state index in [9.17, 15) is 4.57 Å². The van der Waals surface area contributed by atoms with E-state index >= 15 is 0 Å². The summed E-state index contributed by atoms with van der Waals surface area (Å²) in [4.78, 5) is 3.70. The summed E-state index contributed by atoms with van der Waals surface area (Å²) < 4.78 is 12.4. The van der Waals surface area contributed by atoms with Crippen molar-refractivity contribution in [2.75, 3.05) is 6.66 Å². The molecule has 5 heteroatoms. The first kappa shape index (κ1) is 6.52. The van der Waals surface area contributed by atoms with Gasteiger partial charge in [0.2, 0.25) is 7.44 Å². The first-order chi connectivity index (χ1) is 4.11. The van der Waals surface area contributed by atoms with E-state index in [0.717, 1.165) is 0 Å². The third-order valence-corrected chi connectivity index (χ3v) is 2.10. The lowest BCUT2D eigenvalue weighted by Gasteiger charge is -2.04. The fraction of sp³-hybridized carbons (Fsp3) is 0.250. The smallest absolute Gasteiger partial charge is 0.236 e. The fourth-order valence-corrected chi connectivity index (χ4v) is 1.08. The molecular weight excluding hydrogens is 137 g/mol. The molecule has 0 fully saturated rings. The van der Waals surface area contributed by atoms with Gasteiger partial charge in [-0.05, 0) is 0 Å². The van der Waals surface area contributed by atoms with Crippen molar-refractivity contribution in [1.82, 2.24) is 9.32 Å². The molecule has 4 nitrogen and oxygen atoms in total. The normalized spacial score (nSPS) is 17.1. The molecule has 9 heavy (non-hydrogen) atoms. The maximum absolute atomic E-state index is 11.0. The summed E-state index contributed by atoms with van der Waals surface area (Å²) in [7, 11) is -2.62. The van der Waals surface area contributed by atoms with Crippen molar-refractivity contribution in [1.29, 1.82) is 0 Å². The zero-order valence-electron chi connectivity index (χ0n) is 5.06. The highest BCUT2D eigenvalue weighted by Crippen LogP contribution is 2.31. The first-order valence-corrected chi connectivity index (χ1v) is 4.63. The Balaban J connectivity index is 3.04. The van der Waals surface area contributed by atoms with Gasteiger partial charge in [0.25, 0.3) is 0 Å². The molecule has 1 atom stereocenters. The van der Waals surface area contributed by atoms with Crippen molar-refractivity contribution in [3.63, 3.8) is 0 Å². The standard InChI is InChI=1S/C4H8N3OP/c1-9(5,8)7-3-2-6-4-7/h2-4H,1H3,(H2,5,8). The van der Waals surface area contributed by atoms with E-state index in [1.807, 2.05) is 0 Å². The summed E-state index contributed by atoms with van der Waals surface area (Å²) in [6.45, 7) is 1.48. The van der Waals surface area contributed by atoms with E-state index in [-0.39, 0.29) is 0 Å². The van der Waals surface area contributed by atoms with Crippen LogP contribution in [0, 0.1) is 0 Å². The summed E-state index contributed by atoms with van der Waals surface area (Å²) in [5.41, 5.74) is 5.28. The molecule has 0 saturated heterocycles. The third-order valence-electron chi connectivity index (χ3n) is 0.949. The average molecular weight is 145 g/mol. The SMILES string of the molecule is CP(N)(=O)n1ccnc1. The van der Waals surface area contributed by atoms with Crippen molar-refractivity contribution in [2.45, 2.75) is 0 Å². The summed E-state index contributed by atoms with van der Waals surface area (Å²) in [5.74, 6) is 0. The Morgan fingerprint density at radius 2 is 2.44 bits per heavy atom. The van der Waals surface area contributed by atoms with Crippen LogP contribution < -0.4 is 5.50 Å². The van der Waals surface area contributed by atoms with Gasteiger partial charge in [0.15, 0.2) is 0 Å². The van der Waals surface area contributed by atoms with Gasteiger partial charge in [0.05, 0.1) is 0 Å². The number of nitrogens with zero attached hydrogens (tertiary/aromatic N) is 2. The lowest BCUT2D eigenvalue weighted by Crippen LogP contribution is -2.00. The van der Waals surface area contributed by atoms with E-state index in [1.165, 1.54) is 17.3 Å². The first-order valence-electron chi connectivity index (χ1n) is 2.45. The van der Waals surface area contributed by atoms with Crippen LogP contribution in [0.25, 0.3) is 0 Å². The quantitative estimate of drug-likeness (QED) is 0.585. The molecule has 1 unspecified atom stereocenters. The second-order valence-corrected chi connectivity index (χ2v) is 4.23. The third kappa shape index (κ3) is 1.40. The Labute approximate surface area is 53.2 Å². The van der Waals surface area contributed by atoms with E-state index < -0.39 is 7.44 Å². The largest absolute Gasteiger partial charge is 0.283 e. The van der Waals surface area contributed by atoms with Crippen LogP contribution in [-0.4, -0.2) is 16.0 Å². The average Bonchev–Trinajstić information content (AvgIpc) is 2.08. The van der Waals surface area contributed by atoms with E-state index in [1.54, 1.807) is 12.4 Å². The second-order valence-electron chi connectivity index (χ2n) is 1.89. The second kappa shape index (κ2) is 1.97. The van der Waals surface area contributed by atoms with Crippen LogP contribution in [0.15, 0.2) is 18.7 Å². The van der Waals surface area contributed by atoms with Crippen LogP contribution >= 0.6 is 7.44 Å². The van der Waals surface area contributed by atoms with Crippen molar-refractivity contribution in [3.05, 3.63) is 18.7 Å². The summed E-state index contributed by atoms with van der Waals surface area (Å²) in [6, 6.07) is 0. The number of hydrogen-bond donors (Lipinski definition) is 1. The number of nitrogens with two attached hydrogens (primary N) is 1. The van der Waals surface area contributed by atoms with Crippen molar-refractivity contribution in [3.8, 4) is 0 Å². The molecule has 0 spiro atoms. The highest BCUT2D eigenvalue weighted by Gasteiger charge is 2.07. The highest BCUT2D eigenvalue weighted by molar-refractivity contribution is 7.59. The summed E-state index contributed by atoms with van der Waals surface area (Å²) >= 11 is 0. The minimum Gasteiger partial charge on any atom is -0.283 e. The zero-order chi connectivity index (χ0) is 6.91. The van der Waals surface area contributed by atoms with Crippen molar-refractivity contribution < 1.29 is 4.57 Å². The van der Waals surface area contributed by atoms with Gasteiger partial charge in [0.1, 0.15) is 6.33 Å². The van der Waals surface area contributed by atoms with Gasteiger partial charge in [-0.25, -0.2) is 4.98 Å². The number of hydrogen-bond acceptors (Lipinski definition) is 2. The van der Waals surface area contributed by atoms with Gasteiger partial charge in [-0.3, -0.25) is 14.4 Å². The van der Waals surface area contributed by atoms with Gasteiger partial charge in [-0.2, -0.15) is 0 Å². The van der Waals surface area contributed by atoms with Crippen LogP contribution in [-0.2, 0) is 4.57 Å². The molecule has 0 aliphatic heterocycles. The van der Waals surface area contributed by atoms with Gasteiger partial charge in [-0.1, -0.05) is 0 Å². The molecule has 0 bridgehead atoms. The van der Waals surface area contributed by atoms with Crippen LogP contribution in [0.2, 0.25) is 0 Å². The molecule has 0 saturated carbocycles. The Morgan fingerprint density at radius 1 is 1.78 bits per heavy atom. The maximum atomic E-state index is 11.0. The van der Waals surface area contributed by atoms with E-state index in [4.69, 9.17) is 5.50 Å². The zero-order valence-corrected chi connectivity index (χ0v) is 5.95. The number of imidazole rings is 1. The molecule has 1 heterocycles. The van der Waals surface area contributed by atoms with Crippen LogP contribution in [0.3, 0.4) is 0 Å². The molecule has 1 aromatic heterocycles. The molecule has 1 rings (SSSR count). The summed E-state index contributed by atoms with van der Waals surface area (Å²) in [6.07, 6.45) is 4.57. The minimum atomic E-state index is -2.62. The summed E-state index contributed by atoms with van der Waals surface area (Å²) in [5, 5.41) is 0. The van der Waals surface area contributed by atoms with Crippen LogP contribution in [0.5, 0.6) is 0 Å². The molecule has 0 radical (unpaired) electrons. The molecule has 0 aliphatic carbocycles. The monoisotopic (exact) mass is 145 g/mol. The molecule has 1 aromatic rings. The van der Waals surface area contributed by atoms with Gasteiger partial charge >= 0.3 is 0 Å². The lowest BCUT2D eigenvalue weighted by molar-refractivity contribution is 0.573. The van der Waals surface area contributed by atoms with Gasteiger partial charge in [-0.15, -0.1) is 0 Å². The Bertz CT molecular complexity index is 224. The van der Waals surface area contributed by atoms with Gasteiger partial charge < -0.3 is 0 Å². The van der Waals surface area contributed by atoms with Crippen molar-refractivity contribution in [2.24, 2.45) is 5.50 Å². The van der Waals surface area contributed by atoms with Crippen molar-refractivity contribution >= 4 is 7.44 Å². The maximum Gasteiger partial charge on any atom is 0.236 e. The van der Waals surface area contributed by atoms with Crippen LogP contribution in [0.1, 0.15) is 0 Å². The fourth-order valence-electron chi connectivity index (χ4n) is 0.487. The Morgan fingerprint density at radius 3 is 2.67 bits per heavy atom. The highest BCUT2D eigenvalue weighted by atomic mass is 31.2. The molecule has 0 aliphatic rings. The molecule has 50 valence electrons. The lowest BCUT2D eigenvalue weighted by atomic mass is 11.0. The Hall–Kier alpha value is -0.600. The molecule has 2 N–H and O–H groups in total. The number of rotatable bonds is 1. The van der Waals surface area contributed by atoms with E-state index in [0.29, 0.717) is 0 Å². The van der Waals surface area contributed by atoms with Crippen LogP contribution in [0.4, 0.5) is 0 Å². The predicted octanol–water partition coefficient (Wildman–Crippen LogP) is 0.513. The van der Waals surface area contributed by atoms with Gasteiger partial charge in [0, 0.05) is 19.1 Å². The number of aromatic nitrogens is 2.